The molecule has 0 unspecified atom stereocenters. The molecule has 7 nitrogen and oxygen atoms in total. The first-order chi connectivity index (χ1) is 10.8. The van der Waals surface area contributed by atoms with Gasteiger partial charge in [-0.1, -0.05) is 40.7 Å². The lowest BCUT2D eigenvalue weighted by Gasteiger charge is -1.99. The van der Waals surface area contributed by atoms with E-state index >= 15 is 0 Å². The molecule has 0 atom stereocenters. The van der Waals surface area contributed by atoms with Crippen molar-refractivity contribution in [3.8, 4) is 11.4 Å². The number of aromatic nitrogens is 6. The number of hydrogen-bond donors (Lipinski definition) is 0. The molecular formula is C13H11ClN6OS. The quantitative estimate of drug-likeness (QED) is 0.663. The Morgan fingerprint density at radius 2 is 2.27 bits per heavy atom. The van der Waals surface area contributed by atoms with Gasteiger partial charge in [0.1, 0.15) is 0 Å². The summed E-state index contributed by atoms with van der Waals surface area (Å²) in [5.41, 5.74) is 0.829. The van der Waals surface area contributed by atoms with Crippen LogP contribution in [0.15, 0.2) is 33.9 Å². The van der Waals surface area contributed by atoms with Gasteiger partial charge >= 0.3 is 0 Å². The summed E-state index contributed by atoms with van der Waals surface area (Å²) < 4.78 is 7.13. The summed E-state index contributed by atoms with van der Waals surface area (Å²) in [6.07, 6.45) is 2.27. The maximum absolute atomic E-state index is 5.97. The van der Waals surface area contributed by atoms with E-state index in [0.717, 1.165) is 23.6 Å². The topological polar surface area (TPSA) is 82.5 Å². The Bertz CT molecular complexity index is 799. The second-order valence-electron chi connectivity index (χ2n) is 4.95. The van der Waals surface area contributed by atoms with Crippen molar-refractivity contribution in [2.45, 2.75) is 29.8 Å². The van der Waals surface area contributed by atoms with Gasteiger partial charge in [-0.25, -0.2) is 4.68 Å². The predicted molar refractivity (Wildman–Crippen MR) is 80.4 cm³/mol. The van der Waals surface area contributed by atoms with Crippen LogP contribution in [0.25, 0.3) is 11.4 Å². The van der Waals surface area contributed by atoms with Gasteiger partial charge in [-0.2, -0.15) is 4.98 Å². The first-order valence-corrected chi connectivity index (χ1v) is 8.15. The monoisotopic (exact) mass is 334 g/mol. The number of halogens is 1. The number of rotatable bonds is 5. The fourth-order valence-electron chi connectivity index (χ4n) is 2.01. The molecule has 0 amide bonds. The number of nitrogens with zero attached hydrogens (tertiary/aromatic N) is 6. The molecule has 0 bridgehead atoms. The number of benzene rings is 1. The Labute approximate surface area is 135 Å². The second-order valence-corrected chi connectivity index (χ2v) is 6.33. The van der Waals surface area contributed by atoms with Gasteiger partial charge < -0.3 is 4.52 Å². The van der Waals surface area contributed by atoms with Crippen molar-refractivity contribution in [2.75, 3.05) is 0 Å². The summed E-state index contributed by atoms with van der Waals surface area (Å²) in [5, 5.41) is 17.2. The Morgan fingerprint density at radius 3 is 3.09 bits per heavy atom. The van der Waals surface area contributed by atoms with Crippen LogP contribution in [0.2, 0.25) is 5.02 Å². The molecule has 2 heterocycles. The molecule has 0 spiro atoms. The molecule has 1 aliphatic rings. The smallest absolute Gasteiger partial charge is 0.237 e. The standard InChI is InChI=1S/C13H11ClN6OS/c14-9-3-1-2-8(6-9)12-15-11(21-17-12)7-22-13-16-18-19-20(13)10-4-5-10/h1-3,6,10H,4-5,7H2. The highest BCUT2D eigenvalue weighted by Crippen LogP contribution is 2.36. The molecule has 1 aromatic carbocycles. The highest BCUT2D eigenvalue weighted by Gasteiger charge is 2.28. The van der Waals surface area contributed by atoms with Crippen LogP contribution in [0.3, 0.4) is 0 Å². The molecule has 0 aliphatic heterocycles. The SMILES string of the molecule is Clc1cccc(-c2noc(CSc3nnnn3C3CC3)n2)c1. The van der Waals surface area contributed by atoms with Crippen LogP contribution in [-0.4, -0.2) is 30.3 Å². The number of hydrogen-bond acceptors (Lipinski definition) is 7. The minimum absolute atomic E-state index is 0.446. The molecule has 3 aromatic rings. The van der Waals surface area contributed by atoms with E-state index in [0.29, 0.717) is 28.5 Å². The maximum atomic E-state index is 5.97. The predicted octanol–water partition coefficient (Wildman–Crippen LogP) is 3.00. The Morgan fingerprint density at radius 1 is 1.36 bits per heavy atom. The van der Waals surface area contributed by atoms with Crippen LogP contribution in [-0.2, 0) is 5.75 Å². The summed E-state index contributed by atoms with van der Waals surface area (Å²) in [5.74, 6) is 1.59. The van der Waals surface area contributed by atoms with E-state index < -0.39 is 0 Å². The molecule has 22 heavy (non-hydrogen) atoms. The average molecular weight is 335 g/mol. The van der Waals surface area contributed by atoms with Crippen molar-refractivity contribution in [3.05, 3.63) is 35.2 Å². The zero-order valence-corrected chi connectivity index (χ0v) is 13.0. The lowest BCUT2D eigenvalue weighted by atomic mass is 10.2. The minimum atomic E-state index is 0.446. The molecule has 112 valence electrons. The van der Waals surface area contributed by atoms with E-state index in [-0.39, 0.29) is 0 Å². The van der Waals surface area contributed by atoms with Crippen molar-refractivity contribution in [1.82, 2.24) is 30.3 Å². The Hall–Kier alpha value is -1.93. The van der Waals surface area contributed by atoms with Crippen LogP contribution >= 0.6 is 23.4 Å². The minimum Gasteiger partial charge on any atom is -0.338 e. The van der Waals surface area contributed by atoms with Gasteiger partial charge in [-0.3, -0.25) is 0 Å². The van der Waals surface area contributed by atoms with E-state index in [1.165, 1.54) is 11.8 Å². The normalized spacial score (nSPS) is 14.4. The van der Waals surface area contributed by atoms with Gasteiger partial charge in [0.2, 0.25) is 16.9 Å². The molecular weight excluding hydrogens is 324 g/mol. The largest absolute Gasteiger partial charge is 0.338 e. The lowest BCUT2D eigenvalue weighted by Crippen LogP contribution is -1.98. The van der Waals surface area contributed by atoms with Gasteiger partial charge in [-0.05, 0) is 35.4 Å². The zero-order chi connectivity index (χ0) is 14.9. The van der Waals surface area contributed by atoms with Gasteiger partial charge in [0.15, 0.2) is 0 Å². The van der Waals surface area contributed by atoms with Crippen LogP contribution in [0, 0.1) is 0 Å². The third-order valence-electron chi connectivity index (χ3n) is 3.23. The van der Waals surface area contributed by atoms with Crippen LogP contribution in [0.4, 0.5) is 0 Å². The molecule has 2 aromatic heterocycles. The van der Waals surface area contributed by atoms with Crippen LogP contribution < -0.4 is 0 Å². The third-order valence-corrected chi connectivity index (χ3v) is 4.38. The van der Waals surface area contributed by atoms with Gasteiger partial charge in [-0.15, -0.1) is 5.10 Å². The van der Waals surface area contributed by atoms with Gasteiger partial charge in [0, 0.05) is 10.6 Å². The van der Waals surface area contributed by atoms with Gasteiger partial charge in [0.05, 0.1) is 11.8 Å². The number of thioether (sulfide) groups is 1. The Kier molecular flexibility index (Phi) is 3.55. The maximum Gasteiger partial charge on any atom is 0.237 e. The molecule has 0 radical (unpaired) electrons. The average Bonchev–Trinajstić information content (AvgIpc) is 3.08. The summed E-state index contributed by atoms with van der Waals surface area (Å²) in [7, 11) is 0. The van der Waals surface area contributed by atoms with E-state index in [2.05, 4.69) is 25.7 Å². The Balaban J connectivity index is 1.47. The fraction of sp³-hybridized carbons (Fsp3) is 0.308. The zero-order valence-electron chi connectivity index (χ0n) is 11.4. The highest BCUT2D eigenvalue weighted by atomic mass is 35.5. The molecule has 4 rings (SSSR count). The summed E-state index contributed by atoms with van der Waals surface area (Å²) in [6, 6.07) is 7.80. The molecule has 1 fully saturated rings. The first kappa shape index (κ1) is 13.7. The highest BCUT2D eigenvalue weighted by molar-refractivity contribution is 7.98. The van der Waals surface area contributed by atoms with Gasteiger partial charge in [0.25, 0.3) is 0 Å². The fourth-order valence-corrected chi connectivity index (χ4v) is 2.99. The van der Waals surface area contributed by atoms with E-state index in [1.54, 1.807) is 12.1 Å². The molecule has 1 aliphatic carbocycles. The van der Waals surface area contributed by atoms with Crippen molar-refractivity contribution >= 4 is 23.4 Å². The summed E-state index contributed by atoms with van der Waals surface area (Å²) in [4.78, 5) is 4.38. The lowest BCUT2D eigenvalue weighted by molar-refractivity contribution is 0.391. The van der Waals surface area contributed by atoms with E-state index in [9.17, 15) is 0 Å². The molecule has 1 saturated carbocycles. The summed E-state index contributed by atoms with van der Waals surface area (Å²) >= 11 is 7.46. The second kappa shape index (κ2) is 5.69. The van der Waals surface area contributed by atoms with Crippen molar-refractivity contribution < 1.29 is 4.52 Å². The summed E-state index contributed by atoms with van der Waals surface area (Å²) in [6.45, 7) is 0. The number of tetrazole rings is 1. The molecule has 9 heteroatoms. The van der Waals surface area contributed by atoms with Crippen LogP contribution in [0.1, 0.15) is 24.8 Å². The van der Waals surface area contributed by atoms with Crippen molar-refractivity contribution in [3.63, 3.8) is 0 Å². The molecule has 0 saturated heterocycles. The van der Waals surface area contributed by atoms with Crippen molar-refractivity contribution in [2.24, 2.45) is 0 Å². The van der Waals surface area contributed by atoms with Crippen LogP contribution in [0.5, 0.6) is 0 Å². The van der Waals surface area contributed by atoms with Crippen molar-refractivity contribution in [1.29, 1.82) is 0 Å². The first-order valence-electron chi connectivity index (χ1n) is 6.79. The van der Waals surface area contributed by atoms with E-state index in [4.69, 9.17) is 16.1 Å². The third kappa shape index (κ3) is 2.84. The van der Waals surface area contributed by atoms with E-state index in [1.807, 2.05) is 16.8 Å². The molecule has 0 N–H and O–H groups in total.